The summed E-state index contributed by atoms with van der Waals surface area (Å²) in [5.41, 5.74) is 3.12. The molecule has 0 rings (SSSR count). The first-order valence-corrected chi connectivity index (χ1v) is 6.61. The Bertz CT molecular complexity index is 174. The molecule has 3 N–H and O–H groups in total. The van der Waals surface area contributed by atoms with Gasteiger partial charge in [0.25, 0.3) is 0 Å². The predicted octanol–water partition coefficient (Wildman–Crippen LogP) is 2.37. The maximum Gasteiger partial charge on any atom is 0.0389 e. The smallest absolute Gasteiger partial charge is 0.0389 e. The molecule has 0 saturated heterocycles. The lowest BCUT2D eigenvalue weighted by atomic mass is 9.87. The number of likely N-dealkylation sites (N-methyl/N-ethyl adjacent to an activating group) is 1. The Morgan fingerprint density at radius 3 is 1.94 bits per heavy atom. The van der Waals surface area contributed by atoms with Gasteiger partial charge in [0, 0.05) is 11.6 Å². The maximum atomic E-state index is 5.72. The quantitative estimate of drug-likeness (QED) is 0.496. The fourth-order valence-electron chi connectivity index (χ4n) is 2.40. The molecule has 0 spiro atoms. The van der Waals surface area contributed by atoms with Crippen molar-refractivity contribution in [3.63, 3.8) is 0 Å². The van der Waals surface area contributed by atoms with Crippen molar-refractivity contribution >= 4 is 0 Å². The molecule has 0 saturated carbocycles. The second-order valence-electron chi connectivity index (χ2n) is 5.52. The van der Waals surface area contributed by atoms with Crippen molar-refractivity contribution < 1.29 is 0 Å². The third-order valence-electron chi connectivity index (χ3n) is 3.67. The molecule has 3 heteroatoms. The standard InChI is InChI=1S/C13H31N3/c1-7-16(8-2)13(5,6)12(15-14)10-9-11(3)4/h11-12,15H,7-10,14H2,1-6H3. The minimum absolute atomic E-state index is 0.118. The van der Waals surface area contributed by atoms with Crippen LogP contribution in [0.1, 0.15) is 54.4 Å². The van der Waals surface area contributed by atoms with Crippen LogP contribution in [0.2, 0.25) is 0 Å². The van der Waals surface area contributed by atoms with Crippen LogP contribution < -0.4 is 11.3 Å². The Morgan fingerprint density at radius 1 is 1.12 bits per heavy atom. The van der Waals surface area contributed by atoms with Crippen LogP contribution in [0.5, 0.6) is 0 Å². The zero-order valence-corrected chi connectivity index (χ0v) is 12.0. The molecule has 0 aromatic rings. The minimum atomic E-state index is 0.118. The zero-order valence-electron chi connectivity index (χ0n) is 12.0. The van der Waals surface area contributed by atoms with Crippen LogP contribution in [-0.2, 0) is 0 Å². The molecule has 0 aromatic carbocycles. The fourth-order valence-corrected chi connectivity index (χ4v) is 2.40. The van der Waals surface area contributed by atoms with Crippen molar-refractivity contribution in [2.75, 3.05) is 13.1 Å². The van der Waals surface area contributed by atoms with E-state index in [9.17, 15) is 0 Å². The Morgan fingerprint density at radius 2 is 1.62 bits per heavy atom. The summed E-state index contributed by atoms with van der Waals surface area (Å²) >= 11 is 0. The van der Waals surface area contributed by atoms with Gasteiger partial charge in [-0.3, -0.25) is 16.2 Å². The van der Waals surface area contributed by atoms with E-state index in [1.54, 1.807) is 0 Å². The maximum absolute atomic E-state index is 5.72. The van der Waals surface area contributed by atoms with Crippen molar-refractivity contribution in [3.05, 3.63) is 0 Å². The summed E-state index contributed by atoms with van der Waals surface area (Å²) in [6.45, 7) is 15.7. The lowest BCUT2D eigenvalue weighted by Gasteiger charge is -2.43. The van der Waals surface area contributed by atoms with Gasteiger partial charge in [0.15, 0.2) is 0 Å². The average molecular weight is 229 g/mol. The molecule has 0 aliphatic rings. The van der Waals surface area contributed by atoms with Crippen LogP contribution in [-0.4, -0.2) is 29.6 Å². The molecule has 0 amide bonds. The van der Waals surface area contributed by atoms with Crippen LogP contribution in [0.4, 0.5) is 0 Å². The van der Waals surface area contributed by atoms with E-state index in [0.717, 1.165) is 25.4 Å². The Labute approximate surface area is 102 Å². The van der Waals surface area contributed by atoms with Crippen LogP contribution in [0.25, 0.3) is 0 Å². The van der Waals surface area contributed by atoms with Gasteiger partial charge in [-0.25, -0.2) is 0 Å². The highest BCUT2D eigenvalue weighted by atomic mass is 15.3. The highest BCUT2D eigenvalue weighted by Crippen LogP contribution is 2.23. The molecule has 0 aliphatic heterocycles. The summed E-state index contributed by atoms with van der Waals surface area (Å²) in [4.78, 5) is 2.47. The van der Waals surface area contributed by atoms with Crippen LogP contribution in [0, 0.1) is 5.92 Å². The molecular formula is C13H31N3. The predicted molar refractivity (Wildman–Crippen MR) is 72.2 cm³/mol. The lowest BCUT2D eigenvalue weighted by Crippen LogP contribution is -2.59. The molecule has 16 heavy (non-hydrogen) atoms. The first-order valence-electron chi connectivity index (χ1n) is 6.61. The number of hydrazine groups is 1. The van der Waals surface area contributed by atoms with Gasteiger partial charge in [-0.15, -0.1) is 0 Å². The second kappa shape index (κ2) is 7.25. The molecule has 0 fully saturated rings. The summed E-state index contributed by atoms with van der Waals surface area (Å²) in [5, 5.41) is 0. The molecule has 0 aliphatic carbocycles. The van der Waals surface area contributed by atoms with Crippen LogP contribution in [0.15, 0.2) is 0 Å². The highest BCUT2D eigenvalue weighted by molar-refractivity contribution is 4.92. The Balaban J connectivity index is 4.51. The van der Waals surface area contributed by atoms with Gasteiger partial charge >= 0.3 is 0 Å². The van der Waals surface area contributed by atoms with Crippen molar-refractivity contribution in [2.24, 2.45) is 11.8 Å². The number of nitrogens with two attached hydrogens (primary N) is 1. The van der Waals surface area contributed by atoms with Gasteiger partial charge in [0.2, 0.25) is 0 Å². The van der Waals surface area contributed by atoms with E-state index in [2.05, 4.69) is 51.9 Å². The first-order chi connectivity index (χ1) is 7.39. The summed E-state index contributed by atoms with van der Waals surface area (Å²) in [7, 11) is 0. The van der Waals surface area contributed by atoms with E-state index in [-0.39, 0.29) is 5.54 Å². The molecule has 0 bridgehead atoms. The van der Waals surface area contributed by atoms with Crippen molar-refractivity contribution in [2.45, 2.75) is 66.0 Å². The third kappa shape index (κ3) is 4.40. The second-order valence-corrected chi connectivity index (χ2v) is 5.52. The van der Waals surface area contributed by atoms with Gasteiger partial charge in [-0.2, -0.15) is 0 Å². The molecule has 1 atom stereocenters. The zero-order chi connectivity index (χ0) is 12.8. The number of rotatable bonds is 8. The Kier molecular flexibility index (Phi) is 7.20. The summed E-state index contributed by atoms with van der Waals surface area (Å²) in [6.07, 6.45) is 2.36. The summed E-state index contributed by atoms with van der Waals surface area (Å²) in [5.74, 6) is 6.45. The van der Waals surface area contributed by atoms with Crippen LogP contribution >= 0.6 is 0 Å². The van der Waals surface area contributed by atoms with Crippen molar-refractivity contribution in [1.29, 1.82) is 0 Å². The summed E-state index contributed by atoms with van der Waals surface area (Å²) in [6, 6.07) is 0.356. The van der Waals surface area contributed by atoms with Gasteiger partial charge in [-0.1, -0.05) is 27.7 Å². The van der Waals surface area contributed by atoms with Gasteiger partial charge in [0.1, 0.15) is 0 Å². The molecular weight excluding hydrogens is 198 g/mol. The number of hydrogen-bond acceptors (Lipinski definition) is 3. The summed E-state index contributed by atoms with van der Waals surface area (Å²) < 4.78 is 0. The van der Waals surface area contributed by atoms with Gasteiger partial charge < -0.3 is 0 Å². The average Bonchev–Trinajstić information content (AvgIpc) is 2.19. The van der Waals surface area contributed by atoms with Crippen molar-refractivity contribution in [1.82, 2.24) is 10.3 Å². The molecule has 0 aromatic heterocycles. The molecule has 0 radical (unpaired) electrons. The van der Waals surface area contributed by atoms with E-state index in [1.807, 2.05) is 0 Å². The van der Waals surface area contributed by atoms with E-state index >= 15 is 0 Å². The first kappa shape index (κ1) is 15.9. The topological polar surface area (TPSA) is 41.3 Å². The van der Waals surface area contributed by atoms with Crippen LogP contribution in [0.3, 0.4) is 0 Å². The lowest BCUT2D eigenvalue weighted by molar-refractivity contribution is 0.0851. The van der Waals surface area contributed by atoms with Gasteiger partial charge in [-0.05, 0) is 45.7 Å². The van der Waals surface area contributed by atoms with E-state index in [1.165, 1.54) is 6.42 Å². The van der Waals surface area contributed by atoms with Crippen molar-refractivity contribution in [3.8, 4) is 0 Å². The number of hydrogen-bond donors (Lipinski definition) is 2. The molecule has 1 unspecified atom stereocenters. The van der Waals surface area contributed by atoms with Gasteiger partial charge in [0.05, 0.1) is 0 Å². The number of nitrogens with zero attached hydrogens (tertiary/aromatic N) is 1. The highest BCUT2D eigenvalue weighted by Gasteiger charge is 2.32. The van der Waals surface area contributed by atoms with E-state index < -0.39 is 0 Å². The normalized spacial score (nSPS) is 14.8. The molecule has 0 heterocycles. The fraction of sp³-hybridized carbons (Fsp3) is 1.00. The monoisotopic (exact) mass is 229 g/mol. The number of nitrogens with one attached hydrogen (secondary N) is 1. The van der Waals surface area contributed by atoms with E-state index in [4.69, 9.17) is 5.84 Å². The molecule has 3 nitrogen and oxygen atoms in total. The third-order valence-corrected chi connectivity index (χ3v) is 3.67. The Hall–Kier alpha value is -0.120. The largest absolute Gasteiger partial charge is 0.297 e. The minimum Gasteiger partial charge on any atom is -0.297 e. The SMILES string of the molecule is CCN(CC)C(C)(C)C(CCC(C)C)NN. The molecule has 98 valence electrons. The van der Waals surface area contributed by atoms with E-state index in [0.29, 0.717) is 6.04 Å².